The molecule has 0 aromatic heterocycles. The zero-order valence-corrected chi connectivity index (χ0v) is 11.5. The fraction of sp³-hybridized carbons (Fsp3) is 0.167. The number of hydrogen-bond acceptors (Lipinski definition) is 2. The average Bonchev–Trinajstić information content (AvgIpc) is 2.34. The van der Waals surface area contributed by atoms with E-state index in [-0.39, 0.29) is 21.0 Å². The van der Waals surface area contributed by atoms with Gasteiger partial charge in [-0.3, -0.25) is 0 Å². The Morgan fingerprint density at radius 3 is 1.71 bits per heavy atom. The minimum absolute atomic E-state index is 0.232. The van der Waals surface area contributed by atoms with E-state index in [1.54, 1.807) is 0 Å². The highest BCUT2D eigenvalue weighted by Crippen LogP contribution is 2.17. The normalized spacial score (nSPS) is 26.2. The molecule has 0 aromatic rings. The molecule has 0 aliphatic carbocycles. The third-order valence-corrected chi connectivity index (χ3v) is 4.42. The van der Waals surface area contributed by atoms with Crippen LogP contribution in [0.2, 0.25) is 0 Å². The Hall–Kier alpha value is -0.935. The molecule has 2 unspecified atom stereocenters. The van der Waals surface area contributed by atoms with Crippen LogP contribution in [0.3, 0.4) is 0 Å². The molecule has 0 N–H and O–H groups in total. The lowest BCUT2D eigenvalue weighted by atomic mass is 10.3. The van der Waals surface area contributed by atoms with Crippen molar-refractivity contribution in [1.82, 2.24) is 0 Å². The van der Waals surface area contributed by atoms with Crippen LogP contribution in [-0.4, -0.2) is 30.9 Å². The van der Waals surface area contributed by atoms with Crippen molar-refractivity contribution in [3.63, 3.8) is 0 Å². The highest BCUT2D eigenvalue weighted by Gasteiger charge is 2.04. The smallest absolute Gasteiger partial charge is 0.526 e. The largest absolute Gasteiger partial charge is 0.658 e. The Bertz CT molecular complexity index is 441. The van der Waals surface area contributed by atoms with Crippen LogP contribution < -0.4 is 0 Å². The van der Waals surface area contributed by atoms with E-state index < -0.39 is 0 Å². The van der Waals surface area contributed by atoms with Crippen molar-refractivity contribution in [2.75, 3.05) is 12.5 Å². The monoisotopic (exact) mass is 265 g/mol. The van der Waals surface area contributed by atoms with Crippen LogP contribution >= 0.6 is 21.0 Å². The Morgan fingerprint density at radius 2 is 1.35 bits per heavy atom. The second kappa shape index (κ2) is 6.12. The van der Waals surface area contributed by atoms with Gasteiger partial charge >= 0.3 is 7.69 Å². The Balaban J connectivity index is 1.78. The summed E-state index contributed by atoms with van der Waals surface area (Å²) in [5.41, 5.74) is 0. The number of allylic oxidation sites excluding steroid dienone is 4. The molecule has 5 heteroatoms. The summed E-state index contributed by atoms with van der Waals surface area (Å²) in [6.07, 6.45) is 12.2. The fourth-order valence-electron chi connectivity index (χ4n) is 1.19. The van der Waals surface area contributed by atoms with E-state index in [1.165, 1.54) is 7.69 Å². The second-order valence-electron chi connectivity index (χ2n) is 3.56. The first kappa shape index (κ1) is 12.5. The molecule has 2 aliphatic rings. The quantitative estimate of drug-likeness (QED) is 0.575. The van der Waals surface area contributed by atoms with Gasteiger partial charge in [0, 0.05) is 0 Å². The highest BCUT2D eigenvalue weighted by molar-refractivity contribution is 8.17. The molecule has 0 saturated carbocycles. The van der Waals surface area contributed by atoms with Crippen LogP contribution in [0.1, 0.15) is 0 Å². The molecule has 0 spiro atoms. The molecule has 17 heavy (non-hydrogen) atoms. The van der Waals surface area contributed by atoms with Crippen LogP contribution in [0.5, 0.6) is 0 Å². The van der Waals surface area contributed by atoms with Gasteiger partial charge in [-0.25, -0.2) is 0 Å². The lowest BCUT2D eigenvalue weighted by Gasteiger charge is -2.10. The molecule has 0 amide bonds. The Labute approximate surface area is 108 Å². The van der Waals surface area contributed by atoms with Gasteiger partial charge in [-0.15, -0.1) is 0 Å². The number of rotatable bonds is 4. The van der Waals surface area contributed by atoms with Crippen LogP contribution in [-0.2, 0) is 9.31 Å². The maximum atomic E-state index is 5.37. The third-order valence-electron chi connectivity index (χ3n) is 2.16. The van der Waals surface area contributed by atoms with Gasteiger partial charge in [0.2, 0.25) is 0 Å². The molecular formula is C12H14BO2S2. The van der Waals surface area contributed by atoms with E-state index >= 15 is 0 Å². The standard InChI is InChI=1S/C12H14BO2S2/c1-16-7-3-11(4-8-16)14-13-15-12-5-9-17(2)10-6-12/h3-10H,1-2H3. The van der Waals surface area contributed by atoms with E-state index in [9.17, 15) is 0 Å². The van der Waals surface area contributed by atoms with Gasteiger partial charge in [-0.05, 0) is 58.4 Å². The van der Waals surface area contributed by atoms with E-state index in [2.05, 4.69) is 34.1 Å². The molecule has 2 aliphatic heterocycles. The summed E-state index contributed by atoms with van der Waals surface area (Å²) in [6, 6.07) is 0. The van der Waals surface area contributed by atoms with Crippen molar-refractivity contribution < 1.29 is 9.31 Å². The van der Waals surface area contributed by atoms with E-state index in [4.69, 9.17) is 9.31 Å². The van der Waals surface area contributed by atoms with Crippen LogP contribution in [0.15, 0.2) is 46.6 Å². The summed E-state index contributed by atoms with van der Waals surface area (Å²) in [4.78, 5) is 0. The van der Waals surface area contributed by atoms with E-state index in [1.807, 2.05) is 24.3 Å². The maximum absolute atomic E-state index is 5.37. The predicted octanol–water partition coefficient (Wildman–Crippen LogP) is 2.78. The van der Waals surface area contributed by atoms with Crippen molar-refractivity contribution in [2.24, 2.45) is 0 Å². The Kier molecular flexibility index (Phi) is 4.51. The number of hydrogen-bond donors (Lipinski definition) is 0. The van der Waals surface area contributed by atoms with Crippen molar-refractivity contribution >= 4 is 39.4 Å². The first-order valence-corrected chi connectivity index (χ1v) is 8.65. The van der Waals surface area contributed by atoms with Gasteiger partial charge in [0.25, 0.3) is 0 Å². The molecule has 1 radical (unpaired) electrons. The van der Waals surface area contributed by atoms with Crippen molar-refractivity contribution in [3.05, 3.63) is 46.6 Å². The third kappa shape index (κ3) is 4.09. The minimum Gasteiger partial charge on any atom is -0.526 e. The van der Waals surface area contributed by atoms with E-state index in [0.29, 0.717) is 0 Å². The predicted molar refractivity (Wildman–Crippen MR) is 81.5 cm³/mol. The summed E-state index contributed by atoms with van der Waals surface area (Å²) in [6.45, 7) is 0. The van der Waals surface area contributed by atoms with Gasteiger partial charge in [0.1, 0.15) is 11.5 Å². The summed E-state index contributed by atoms with van der Waals surface area (Å²) < 4.78 is 10.7. The SMILES string of the molecule is CS1=CC=C(O[B]OC2=CC=S(C)C=C2)C=C1. The molecule has 2 rings (SSSR count). The minimum atomic E-state index is 0.232. The Morgan fingerprint density at radius 1 is 0.882 bits per heavy atom. The fourth-order valence-corrected chi connectivity index (χ4v) is 2.77. The molecule has 0 fully saturated rings. The topological polar surface area (TPSA) is 18.5 Å². The molecule has 2 atom stereocenters. The summed E-state index contributed by atoms with van der Waals surface area (Å²) in [7, 11) is 1.83. The molecule has 2 nitrogen and oxygen atoms in total. The zero-order chi connectivity index (χ0) is 12.1. The highest BCUT2D eigenvalue weighted by atomic mass is 32.2. The van der Waals surface area contributed by atoms with Gasteiger partial charge in [0.15, 0.2) is 0 Å². The summed E-state index contributed by atoms with van der Waals surface area (Å²) in [5.74, 6) is 1.60. The van der Waals surface area contributed by atoms with Crippen molar-refractivity contribution in [3.8, 4) is 0 Å². The van der Waals surface area contributed by atoms with Crippen LogP contribution in [0.4, 0.5) is 0 Å². The van der Waals surface area contributed by atoms with Crippen molar-refractivity contribution in [1.29, 1.82) is 0 Å². The molecule has 0 bridgehead atoms. The van der Waals surface area contributed by atoms with Gasteiger partial charge in [-0.1, -0.05) is 0 Å². The molecular weight excluding hydrogens is 251 g/mol. The van der Waals surface area contributed by atoms with Gasteiger partial charge in [-0.2, -0.15) is 21.0 Å². The first-order chi connectivity index (χ1) is 8.24. The second-order valence-corrected chi connectivity index (χ2v) is 7.08. The molecule has 89 valence electrons. The molecule has 0 aromatic carbocycles. The molecule has 2 heterocycles. The van der Waals surface area contributed by atoms with Crippen LogP contribution in [0, 0.1) is 0 Å². The zero-order valence-electron chi connectivity index (χ0n) is 9.83. The first-order valence-electron chi connectivity index (χ1n) is 5.13. The van der Waals surface area contributed by atoms with Crippen LogP contribution in [0.25, 0.3) is 0 Å². The summed E-state index contributed by atoms with van der Waals surface area (Å²) >= 11 is 0. The maximum Gasteiger partial charge on any atom is 0.658 e. The average molecular weight is 265 g/mol. The van der Waals surface area contributed by atoms with Gasteiger partial charge in [0.05, 0.1) is 0 Å². The van der Waals surface area contributed by atoms with E-state index in [0.717, 1.165) is 11.5 Å². The van der Waals surface area contributed by atoms with Crippen molar-refractivity contribution in [2.45, 2.75) is 0 Å². The van der Waals surface area contributed by atoms with Gasteiger partial charge < -0.3 is 9.31 Å². The molecule has 0 saturated heterocycles. The lowest BCUT2D eigenvalue weighted by molar-refractivity contribution is 0.342. The summed E-state index contributed by atoms with van der Waals surface area (Å²) in [5, 5.41) is 8.44. The lowest BCUT2D eigenvalue weighted by Crippen LogP contribution is -2.04.